The van der Waals surface area contributed by atoms with Crippen LogP contribution in [0, 0.1) is 13.8 Å². The molecule has 0 bridgehead atoms. The highest BCUT2D eigenvalue weighted by atomic mass is 16.5. The SMILES string of the molecule is Cc1ccc(Oc2c(N)cccc2C(N)=O)cc1C. The van der Waals surface area contributed by atoms with Crippen LogP contribution in [0.1, 0.15) is 21.5 Å². The summed E-state index contributed by atoms with van der Waals surface area (Å²) >= 11 is 0. The van der Waals surface area contributed by atoms with Crippen molar-refractivity contribution in [2.75, 3.05) is 5.73 Å². The summed E-state index contributed by atoms with van der Waals surface area (Å²) in [7, 11) is 0. The summed E-state index contributed by atoms with van der Waals surface area (Å²) in [4.78, 5) is 11.4. The Labute approximate surface area is 112 Å². The van der Waals surface area contributed by atoms with Crippen molar-refractivity contribution < 1.29 is 9.53 Å². The van der Waals surface area contributed by atoms with Crippen LogP contribution in [0.5, 0.6) is 11.5 Å². The lowest BCUT2D eigenvalue weighted by Crippen LogP contribution is -2.13. The third kappa shape index (κ3) is 2.68. The molecule has 4 N–H and O–H groups in total. The van der Waals surface area contributed by atoms with Crippen LogP contribution in [0.15, 0.2) is 36.4 Å². The van der Waals surface area contributed by atoms with Crippen LogP contribution in [0.4, 0.5) is 5.69 Å². The van der Waals surface area contributed by atoms with E-state index in [4.69, 9.17) is 16.2 Å². The third-order valence-corrected chi connectivity index (χ3v) is 3.01. The molecule has 0 heterocycles. The molecule has 0 fully saturated rings. The van der Waals surface area contributed by atoms with Gasteiger partial charge in [0.05, 0.1) is 11.3 Å². The van der Waals surface area contributed by atoms with Crippen molar-refractivity contribution in [2.24, 2.45) is 5.73 Å². The molecular weight excluding hydrogens is 240 g/mol. The molecule has 0 atom stereocenters. The number of carbonyl (C=O) groups is 1. The van der Waals surface area contributed by atoms with Crippen LogP contribution >= 0.6 is 0 Å². The molecule has 0 aliphatic heterocycles. The van der Waals surface area contributed by atoms with Gasteiger partial charge < -0.3 is 16.2 Å². The Hall–Kier alpha value is -2.49. The van der Waals surface area contributed by atoms with Crippen molar-refractivity contribution in [1.82, 2.24) is 0 Å². The lowest BCUT2D eigenvalue weighted by Gasteiger charge is -2.12. The number of rotatable bonds is 3. The molecule has 1 amide bonds. The number of nitrogen functional groups attached to an aromatic ring is 1. The summed E-state index contributed by atoms with van der Waals surface area (Å²) in [6.45, 7) is 4.01. The minimum atomic E-state index is -0.564. The zero-order valence-corrected chi connectivity index (χ0v) is 10.9. The molecule has 0 unspecified atom stereocenters. The highest BCUT2D eigenvalue weighted by Gasteiger charge is 2.13. The molecule has 4 nitrogen and oxygen atoms in total. The Morgan fingerprint density at radius 2 is 1.84 bits per heavy atom. The van der Waals surface area contributed by atoms with Crippen LogP contribution < -0.4 is 16.2 Å². The number of hydrogen-bond acceptors (Lipinski definition) is 3. The summed E-state index contributed by atoms with van der Waals surface area (Å²) < 4.78 is 5.71. The maximum atomic E-state index is 11.4. The summed E-state index contributed by atoms with van der Waals surface area (Å²) in [5.74, 6) is 0.368. The number of ether oxygens (including phenoxy) is 1. The van der Waals surface area contributed by atoms with E-state index in [-0.39, 0.29) is 5.56 Å². The molecule has 2 aromatic rings. The monoisotopic (exact) mass is 256 g/mol. The zero-order valence-electron chi connectivity index (χ0n) is 10.9. The first-order valence-electron chi connectivity index (χ1n) is 5.92. The Balaban J connectivity index is 2.42. The summed E-state index contributed by atoms with van der Waals surface area (Å²) in [6.07, 6.45) is 0. The van der Waals surface area contributed by atoms with Gasteiger partial charge in [-0.3, -0.25) is 4.79 Å². The topological polar surface area (TPSA) is 78.3 Å². The molecular formula is C15H16N2O2. The van der Waals surface area contributed by atoms with E-state index < -0.39 is 5.91 Å². The van der Waals surface area contributed by atoms with E-state index in [9.17, 15) is 4.79 Å². The largest absolute Gasteiger partial charge is 0.454 e. The smallest absolute Gasteiger partial charge is 0.252 e. The number of nitrogens with two attached hydrogens (primary N) is 2. The number of para-hydroxylation sites is 1. The van der Waals surface area contributed by atoms with Crippen LogP contribution in [-0.2, 0) is 0 Å². The lowest BCUT2D eigenvalue weighted by atomic mass is 10.1. The van der Waals surface area contributed by atoms with Gasteiger partial charge in [-0.05, 0) is 49.2 Å². The summed E-state index contributed by atoms with van der Waals surface area (Å²) in [5.41, 5.74) is 14.1. The number of aryl methyl sites for hydroxylation is 2. The van der Waals surface area contributed by atoms with E-state index >= 15 is 0 Å². The van der Waals surface area contributed by atoms with Crippen molar-refractivity contribution in [3.63, 3.8) is 0 Å². The number of primary amides is 1. The molecule has 19 heavy (non-hydrogen) atoms. The van der Waals surface area contributed by atoms with Gasteiger partial charge in [0, 0.05) is 0 Å². The fourth-order valence-corrected chi connectivity index (χ4v) is 1.76. The molecule has 0 aromatic heterocycles. The molecule has 0 radical (unpaired) electrons. The zero-order chi connectivity index (χ0) is 14.0. The van der Waals surface area contributed by atoms with Gasteiger partial charge >= 0.3 is 0 Å². The molecule has 2 rings (SSSR count). The van der Waals surface area contributed by atoms with Gasteiger partial charge in [0.1, 0.15) is 5.75 Å². The fourth-order valence-electron chi connectivity index (χ4n) is 1.76. The van der Waals surface area contributed by atoms with Gasteiger partial charge in [-0.15, -0.1) is 0 Å². The number of anilines is 1. The first kappa shape index (κ1) is 13.0. The minimum Gasteiger partial charge on any atom is -0.454 e. The van der Waals surface area contributed by atoms with E-state index in [1.54, 1.807) is 18.2 Å². The molecule has 0 aliphatic carbocycles. The van der Waals surface area contributed by atoms with Gasteiger partial charge in [0.15, 0.2) is 5.75 Å². The molecule has 2 aromatic carbocycles. The minimum absolute atomic E-state index is 0.276. The highest BCUT2D eigenvalue weighted by Crippen LogP contribution is 2.31. The Bertz CT molecular complexity index is 636. The average molecular weight is 256 g/mol. The molecule has 0 saturated carbocycles. The second-order valence-corrected chi connectivity index (χ2v) is 4.44. The molecule has 4 heteroatoms. The Morgan fingerprint density at radius 3 is 2.47 bits per heavy atom. The van der Waals surface area contributed by atoms with Crippen LogP contribution in [0.2, 0.25) is 0 Å². The third-order valence-electron chi connectivity index (χ3n) is 3.01. The van der Waals surface area contributed by atoms with Crippen molar-refractivity contribution in [2.45, 2.75) is 13.8 Å². The Morgan fingerprint density at radius 1 is 1.11 bits per heavy atom. The second-order valence-electron chi connectivity index (χ2n) is 4.44. The molecule has 0 spiro atoms. The number of benzene rings is 2. The normalized spacial score (nSPS) is 10.2. The predicted molar refractivity (Wildman–Crippen MR) is 75.4 cm³/mol. The maximum Gasteiger partial charge on any atom is 0.252 e. The van der Waals surface area contributed by atoms with E-state index in [0.717, 1.165) is 5.56 Å². The van der Waals surface area contributed by atoms with E-state index in [1.807, 2.05) is 32.0 Å². The van der Waals surface area contributed by atoms with Gasteiger partial charge in [-0.2, -0.15) is 0 Å². The van der Waals surface area contributed by atoms with Gasteiger partial charge in [-0.1, -0.05) is 12.1 Å². The molecule has 98 valence electrons. The second kappa shape index (κ2) is 5.02. The molecule has 0 saturated heterocycles. The highest BCUT2D eigenvalue weighted by molar-refractivity contribution is 5.97. The number of amides is 1. The summed E-state index contributed by atoms with van der Waals surface area (Å²) in [5, 5.41) is 0. The van der Waals surface area contributed by atoms with Crippen LogP contribution in [0.25, 0.3) is 0 Å². The standard InChI is InChI=1S/C15H16N2O2/c1-9-6-7-11(8-10(9)2)19-14-12(15(17)18)4-3-5-13(14)16/h3-8H,16H2,1-2H3,(H2,17,18). The van der Waals surface area contributed by atoms with Gasteiger partial charge in [0.2, 0.25) is 0 Å². The van der Waals surface area contributed by atoms with Crippen molar-refractivity contribution in [3.8, 4) is 11.5 Å². The van der Waals surface area contributed by atoms with E-state index in [2.05, 4.69) is 0 Å². The fraction of sp³-hybridized carbons (Fsp3) is 0.133. The molecule has 0 aliphatic rings. The number of hydrogen-bond donors (Lipinski definition) is 2. The lowest BCUT2D eigenvalue weighted by molar-refractivity contribution is 0.0998. The van der Waals surface area contributed by atoms with Crippen molar-refractivity contribution in [1.29, 1.82) is 0 Å². The first-order chi connectivity index (χ1) is 8.99. The van der Waals surface area contributed by atoms with Crippen molar-refractivity contribution >= 4 is 11.6 Å². The van der Waals surface area contributed by atoms with Crippen LogP contribution in [-0.4, -0.2) is 5.91 Å². The maximum absolute atomic E-state index is 11.4. The average Bonchev–Trinajstić information content (AvgIpc) is 2.36. The first-order valence-corrected chi connectivity index (χ1v) is 5.92. The van der Waals surface area contributed by atoms with Gasteiger partial charge in [0.25, 0.3) is 5.91 Å². The quantitative estimate of drug-likeness (QED) is 0.829. The van der Waals surface area contributed by atoms with Crippen molar-refractivity contribution in [3.05, 3.63) is 53.1 Å². The summed E-state index contributed by atoms with van der Waals surface area (Å²) in [6, 6.07) is 10.6. The van der Waals surface area contributed by atoms with Gasteiger partial charge in [-0.25, -0.2) is 0 Å². The van der Waals surface area contributed by atoms with E-state index in [0.29, 0.717) is 17.2 Å². The number of carbonyl (C=O) groups excluding carboxylic acids is 1. The van der Waals surface area contributed by atoms with E-state index in [1.165, 1.54) is 5.56 Å². The Kier molecular flexibility index (Phi) is 3.42. The van der Waals surface area contributed by atoms with Crippen LogP contribution in [0.3, 0.4) is 0 Å². The predicted octanol–water partition coefficient (Wildman–Crippen LogP) is 2.78.